The maximum absolute atomic E-state index is 13.2. The van der Waals surface area contributed by atoms with E-state index >= 15 is 0 Å². The third kappa shape index (κ3) is 5.18. The number of hydrogen-bond donors (Lipinski definition) is 1. The molecule has 1 N–H and O–H groups in total. The van der Waals surface area contributed by atoms with E-state index in [0.29, 0.717) is 16.0 Å². The minimum absolute atomic E-state index is 0.158. The van der Waals surface area contributed by atoms with E-state index in [4.69, 9.17) is 0 Å². The van der Waals surface area contributed by atoms with Crippen molar-refractivity contribution in [2.45, 2.75) is 35.9 Å². The summed E-state index contributed by atoms with van der Waals surface area (Å²) in [5.41, 5.74) is 2.22. The Morgan fingerprint density at radius 1 is 1.15 bits per heavy atom. The van der Waals surface area contributed by atoms with E-state index in [1.807, 2.05) is 29.6 Å². The second-order valence-corrected chi connectivity index (χ2v) is 10.00. The fourth-order valence-electron chi connectivity index (χ4n) is 3.41. The van der Waals surface area contributed by atoms with Crippen LogP contribution in [-0.4, -0.2) is 25.6 Å². The van der Waals surface area contributed by atoms with Crippen LogP contribution in [0.5, 0.6) is 0 Å². The molecule has 10 heteroatoms. The van der Waals surface area contributed by atoms with E-state index in [2.05, 4.69) is 41.5 Å². The van der Waals surface area contributed by atoms with Gasteiger partial charge in [-0.2, -0.15) is 0 Å². The summed E-state index contributed by atoms with van der Waals surface area (Å²) in [5, 5.41) is 25.0. The topological polar surface area (TPSA) is 103 Å². The van der Waals surface area contributed by atoms with Crippen LogP contribution in [-0.2, 0) is 7.05 Å². The highest BCUT2D eigenvalue weighted by Crippen LogP contribution is 2.34. The van der Waals surface area contributed by atoms with Gasteiger partial charge in [0.1, 0.15) is 6.33 Å². The van der Waals surface area contributed by atoms with Crippen molar-refractivity contribution < 1.29 is 9.72 Å². The molecule has 34 heavy (non-hydrogen) atoms. The maximum Gasteiger partial charge on any atom is 0.284 e. The zero-order chi connectivity index (χ0) is 24.2. The normalized spacial score (nSPS) is 12.0. The number of carbonyl (C=O) groups excluding carboxylic acids is 1. The van der Waals surface area contributed by atoms with Gasteiger partial charge < -0.3 is 9.88 Å². The number of aromatic nitrogens is 3. The van der Waals surface area contributed by atoms with Crippen LogP contribution in [0.2, 0.25) is 0 Å². The second kappa shape index (κ2) is 10.2. The summed E-state index contributed by atoms with van der Waals surface area (Å²) in [7, 11) is 1.76. The number of carbonyl (C=O) groups is 1. The summed E-state index contributed by atoms with van der Waals surface area (Å²) in [6, 6.07) is 16.2. The largest absolute Gasteiger partial charge is 0.340 e. The lowest BCUT2D eigenvalue weighted by Crippen LogP contribution is -2.29. The Kier molecular flexibility index (Phi) is 7.09. The highest BCUT2D eigenvalue weighted by Gasteiger charge is 2.23. The number of benzene rings is 2. The molecule has 1 amide bonds. The SMILES string of the molecule is CC(C)c1ccc(C(NC(=O)c2ccc(Sc3nncn3C)c([N+](=O)[O-])c2)c2cccs2)cc1. The average molecular weight is 494 g/mol. The monoisotopic (exact) mass is 493 g/mol. The molecule has 1 unspecified atom stereocenters. The van der Waals surface area contributed by atoms with Crippen molar-refractivity contribution in [3.63, 3.8) is 0 Å². The maximum atomic E-state index is 13.2. The van der Waals surface area contributed by atoms with E-state index in [1.165, 1.54) is 18.0 Å². The molecule has 0 aliphatic heterocycles. The molecule has 0 bridgehead atoms. The summed E-state index contributed by atoms with van der Waals surface area (Å²) in [5.74, 6) is 0.0203. The lowest BCUT2D eigenvalue weighted by molar-refractivity contribution is -0.387. The molecule has 2 aromatic heterocycles. The summed E-state index contributed by atoms with van der Waals surface area (Å²) in [6.45, 7) is 4.26. The van der Waals surface area contributed by atoms with E-state index in [1.54, 1.807) is 35.1 Å². The Morgan fingerprint density at radius 2 is 1.88 bits per heavy atom. The van der Waals surface area contributed by atoms with Crippen LogP contribution in [0.3, 0.4) is 0 Å². The van der Waals surface area contributed by atoms with E-state index in [9.17, 15) is 14.9 Å². The first kappa shape index (κ1) is 23.7. The van der Waals surface area contributed by atoms with Crippen LogP contribution in [0.25, 0.3) is 0 Å². The molecule has 0 spiro atoms. The minimum Gasteiger partial charge on any atom is -0.340 e. The number of thiophene rings is 1. The molecule has 2 heterocycles. The summed E-state index contributed by atoms with van der Waals surface area (Å²) in [6.07, 6.45) is 1.52. The van der Waals surface area contributed by atoms with Crippen LogP contribution >= 0.6 is 23.1 Å². The van der Waals surface area contributed by atoms with Gasteiger partial charge in [0.2, 0.25) is 0 Å². The van der Waals surface area contributed by atoms with E-state index in [-0.39, 0.29) is 23.2 Å². The van der Waals surface area contributed by atoms with Gasteiger partial charge >= 0.3 is 0 Å². The molecule has 0 aliphatic rings. The Balaban J connectivity index is 1.62. The van der Waals surface area contributed by atoms with Crippen molar-refractivity contribution in [3.8, 4) is 0 Å². The van der Waals surface area contributed by atoms with Gasteiger partial charge in [-0.15, -0.1) is 21.5 Å². The van der Waals surface area contributed by atoms with Crippen molar-refractivity contribution in [2.75, 3.05) is 0 Å². The van der Waals surface area contributed by atoms with Gasteiger partial charge in [-0.1, -0.05) is 44.2 Å². The Bertz CT molecular complexity index is 1300. The summed E-state index contributed by atoms with van der Waals surface area (Å²) in [4.78, 5) is 25.8. The Hall–Kier alpha value is -3.50. The molecule has 0 radical (unpaired) electrons. The molecule has 174 valence electrons. The quantitative estimate of drug-likeness (QED) is 0.254. The zero-order valence-electron chi connectivity index (χ0n) is 18.8. The Morgan fingerprint density at radius 3 is 2.47 bits per heavy atom. The predicted molar refractivity (Wildman–Crippen MR) is 132 cm³/mol. The van der Waals surface area contributed by atoms with Crippen LogP contribution in [0, 0.1) is 10.1 Å². The van der Waals surface area contributed by atoms with E-state index in [0.717, 1.165) is 22.2 Å². The number of nitro benzene ring substituents is 1. The Labute approximate surface area is 205 Å². The average Bonchev–Trinajstić information content (AvgIpc) is 3.50. The fraction of sp³-hybridized carbons (Fsp3) is 0.208. The van der Waals surface area contributed by atoms with Crippen LogP contribution < -0.4 is 5.32 Å². The van der Waals surface area contributed by atoms with Crippen molar-refractivity contribution in [3.05, 3.63) is 98.0 Å². The lowest BCUT2D eigenvalue weighted by Gasteiger charge is -2.19. The molecule has 0 aliphatic carbocycles. The molecular formula is C24H23N5O3S2. The van der Waals surface area contributed by atoms with Crippen molar-refractivity contribution in [1.29, 1.82) is 0 Å². The highest BCUT2D eigenvalue weighted by atomic mass is 32.2. The third-order valence-corrected chi connectivity index (χ3v) is 7.38. The molecule has 0 fully saturated rings. The third-order valence-electron chi connectivity index (χ3n) is 5.33. The molecule has 0 saturated carbocycles. The van der Waals surface area contributed by atoms with Gasteiger partial charge in [0.05, 0.1) is 15.9 Å². The fourth-order valence-corrected chi connectivity index (χ4v) is 5.07. The first-order chi connectivity index (χ1) is 16.3. The zero-order valence-corrected chi connectivity index (χ0v) is 20.5. The predicted octanol–water partition coefficient (Wildman–Crippen LogP) is 5.58. The molecular weight excluding hydrogens is 470 g/mol. The molecule has 1 atom stereocenters. The highest BCUT2D eigenvalue weighted by molar-refractivity contribution is 7.99. The number of hydrogen-bond acceptors (Lipinski definition) is 7. The number of aryl methyl sites for hydroxylation is 1. The van der Waals surface area contributed by atoms with Gasteiger partial charge in [0.25, 0.3) is 11.6 Å². The molecule has 4 rings (SSSR count). The number of nitrogens with one attached hydrogen (secondary N) is 1. The van der Waals surface area contributed by atoms with Gasteiger partial charge in [-0.3, -0.25) is 14.9 Å². The second-order valence-electron chi connectivity index (χ2n) is 8.01. The molecule has 4 aromatic rings. The van der Waals surface area contributed by atoms with Gasteiger partial charge in [-0.05, 0) is 52.4 Å². The first-order valence-corrected chi connectivity index (χ1v) is 12.3. The first-order valence-electron chi connectivity index (χ1n) is 10.6. The smallest absolute Gasteiger partial charge is 0.284 e. The number of rotatable bonds is 8. The minimum atomic E-state index is -0.489. The summed E-state index contributed by atoms with van der Waals surface area (Å²) >= 11 is 2.67. The van der Waals surface area contributed by atoms with Crippen LogP contribution in [0.1, 0.15) is 52.2 Å². The van der Waals surface area contributed by atoms with Gasteiger partial charge in [-0.25, -0.2) is 0 Å². The number of amides is 1. The van der Waals surface area contributed by atoms with Gasteiger partial charge in [0.15, 0.2) is 5.16 Å². The standard InChI is InChI=1S/C24H23N5O3S2/c1-15(2)16-6-8-17(9-7-16)22(21-5-4-12-33-21)26-23(30)18-10-11-20(19(13-18)29(31)32)34-24-27-25-14-28(24)3/h4-15,22H,1-3H3,(H,26,30). The number of nitrogens with zero attached hydrogens (tertiary/aromatic N) is 4. The number of nitro groups is 1. The van der Waals surface area contributed by atoms with Crippen molar-refractivity contribution >= 4 is 34.7 Å². The van der Waals surface area contributed by atoms with E-state index < -0.39 is 4.92 Å². The molecule has 2 aromatic carbocycles. The lowest BCUT2D eigenvalue weighted by atomic mass is 9.98. The molecule has 8 nitrogen and oxygen atoms in total. The van der Waals surface area contributed by atoms with Crippen LogP contribution in [0.4, 0.5) is 5.69 Å². The summed E-state index contributed by atoms with van der Waals surface area (Å²) < 4.78 is 1.67. The van der Waals surface area contributed by atoms with Gasteiger partial charge in [0, 0.05) is 23.6 Å². The molecule has 0 saturated heterocycles. The van der Waals surface area contributed by atoms with Crippen molar-refractivity contribution in [2.24, 2.45) is 7.05 Å². The van der Waals surface area contributed by atoms with Crippen LogP contribution in [0.15, 0.2) is 76.4 Å². The van der Waals surface area contributed by atoms with Crippen molar-refractivity contribution in [1.82, 2.24) is 20.1 Å².